The summed E-state index contributed by atoms with van der Waals surface area (Å²) in [6.45, 7) is 1.77. The van der Waals surface area contributed by atoms with Crippen molar-refractivity contribution >= 4 is 17.8 Å². The standard InChI is InChI=1S/C19H24FN3O4/c1-12(13-5-6-15(27-2)14(20)11-13)21-16(24)7-10-23-17(25)19(22-18(23)26)8-3-4-9-19/h5-6,11-12H,3-4,7-10H2,1-2H3,(H,21,24)(H,22,26)/t12-/m1/s1. The van der Waals surface area contributed by atoms with E-state index < -0.39 is 23.4 Å². The Morgan fingerprint density at radius 2 is 2.07 bits per heavy atom. The molecule has 1 saturated heterocycles. The molecule has 8 heteroatoms. The maximum absolute atomic E-state index is 13.8. The highest BCUT2D eigenvalue weighted by molar-refractivity contribution is 6.07. The topological polar surface area (TPSA) is 87.7 Å². The highest BCUT2D eigenvalue weighted by atomic mass is 19.1. The molecule has 4 amide bonds. The van der Waals surface area contributed by atoms with E-state index in [1.807, 2.05) is 0 Å². The lowest BCUT2D eigenvalue weighted by Gasteiger charge is -2.20. The van der Waals surface area contributed by atoms with Crippen LogP contribution in [0.15, 0.2) is 18.2 Å². The van der Waals surface area contributed by atoms with Gasteiger partial charge in [-0.1, -0.05) is 18.9 Å². The summed E-state index contributed by atoms with van der Waals surface area (Å²) in [5, 5.41) is 5.55. The highest BCUT2D eigenvalue weighted by Gasteiger charge is 2.52. The number of ether oxygens (including phenoxy) is 1. The molecule has 2 N–H and O–H groups in total. The molecule has 0 bridgehead atoms. The van der Waals surface area contributed by atoms with Gasteiger partial charge in [-0.3, -0.25) is 14.5 Å². The minimum Gasteiger partial charge on any atom is -0.494 e. The van der Waals surface area contributed by atoms with E-state index in [1.165, 1.54) is 19.2 Å². The average molecular weight is 377 g/mol. The van der Waals surface area contributed by atoms with Crippen LogP contribution in [0.1, 0.15) is 50.6 Å². The summed E-state index contributed by atoms with van der Waals surface area (Å²) in [6, 6.07) is 3.64. The molecule has 0 radical (unpaired) electrons. The Bertz CT molecular complexity index is 761. The zero-order valence-electron chi connectivity index (χ0n) is 15.5. The number of urea groups is 1. The second-order valence-electron chi connectivity index (χ2n) is 7.11. The number of halogens is 1. The number of imide groups is 1. The molecule has 1 aromatic rings. The molecule has 1 atom stereocenters. The number of hydrogen-bond acceptors (Lipinski definition) is 4. The van der Waals surface area contributed by atoms with E-state index in [4.69, 9.17) is 4.74 Å². The fraction of sp³-hybridized carbons (Fsp3) is 0.526. The van der Waals surface area contributed by atoms with E-state index in [0.29, 0.717) is 18.4 Å². The van der Waals surface area contributed by atoms with Gasteiger partial charge < -0.3 is 15.4 Å². The summed E-state index contributed by atoms with van der Waals surface area (Å²) in [7, 11) is 1.38. The van der Waals surface area contributed by atoms with E-state index in [1.54, 1.807) is 13.0 Å². The maximum atomic E-state index is 13.8. The second-order valence-corrected chi connectivity index (χ2v) is 7.11. The van der Waals surface area contributed by atoms with Crippen molar-refractivity contribution in [3.63, 3.8) is 0 Å². The van der Waals surface area contributed by atoms with Crippen LogP contribution in [-0.2, 0) is 9.59 Å². The van der Waals surface area contributed by atoms with E-state index in [-0.39, 0.29) is 30.5 Å². The van der Waals surface area contributed by atoms with Gasteiger partial charge in [0, 0.05) is 13.0 Å². The van der Waals surface area contributed by atoms with Crippen LogP contribution in [0.3, 0.4) is 0 Å². The summed E-state index contributed by atoms with van der Waals surface area (Å²) < 4.78 is 18.7. The lowest BCUT2D eigenvalue weighted by atomic mass is 9.98. The molecule has 3 rings (SSSR count). The van der Waals surface area contributed by atoms with Crippen molar-refractivity contribution in [3.8, 4) is 5.75 Å². The Balaban J connectivity index is 1.54. The summed E-state index contributed by atoms with van der Waals surface area (Å²) in [5.74, 6) is -0.913. The molecule has 1 aliphatic heterocycles. The maximum Gasteiger partial charge on any atom is 0.325 e. The SMILES string of the molecule is COc1ccc([C@@H](C)NC(=O)CCN2C(=O)NC3(CCCC3)C2=O)cc1F. The fourth-order valence-electron chi connectivity index (χ4n) is 3.76. The molecule has 0 unspecified atom stereocenters. The van der Waals surface area contributed by atoms with Crippen LogP contribution in [0.2, 0.25) is 0 Å². The zero-order chi connectivity index (χ0) is 19.6. The van der Waals surface area contributed by atoms with Crippen LogP contribution in [-0.4, -0.2) is 41.9 Å². The first-order valence-corrected chi connectivity index (χ1v) is 9.13. The largest absolute Gasteiger partial charge is 0.494 e. The minimum absolute atomic E-state index is 0.00177. The van der Waals surface area contributed by atoms with Gasteiger partial charge in [-0.2, -0.15) is 0 Å². The number of methoxy groups -OCH3 is 1. The number of benzene rings is 1. The van der Waals surface area contributed by atoms with Gasteiger partial charge in [0.15, 0.2) is 11.6 Å². The van der Waals surface area contributed by atoms with Crippen molar-refractivity contribution in [3.05, 3.63) is 29.6 Å². The number of rotatable bonds is 6. The van der Waals surface area contributed by atoms with E-state index in [2.05, 4.69) is 10.6 Å². The molecule has 1 aliphatic carbocycles. The van der Waals surface area contributed by atoms with Gasteiger partial charge in [-0.15, -0.1) is 0 Å². The summed E-state index contributed by atoms with van der Waals surface area (Å²) in [5.41, 5.74) is -0.164. The lowest BCUT2D eigenvalue weighted by Crippen LogP contribution is -2.44. The van der Waals surface area contributed by atoms with Crippen LogP contribution in [0, 0.1) is 5.82 Å². The summed E-state index contributed by atoms with van der Waals surface area (Å²) >= 11 is 0. The number of hydrogen-bond donors (Lipinski definition) is 2. The minimum atomic E-state index is -0.762. The van der Waals surface area contributed by atoms with Crippen LogP contribution in [0.25, 0.3) is 0 Å². The Morgan fingerprint density at radius 1 is 1.37 bits per heavy atom. The number of amides is 4. The number of carbonyl (C=O) groups is 3. The van der Waals surface area contributed by atoms with Gasteiger partial charge in [-0.25, -0.2) is 9.18 Å². The first kappa shape index (κ1) is 19.1. The predicted octanol–water partition coefficient (Wildman–Crippen LogP) is 2.27. The third kappa shape index (κ3) is 3.74. The van der Waals surface area contributed by atoms with Crippen LogP contribution in [0.5, 0.6) is 5.75 Å². The molecule has 1 aromatic carbocycles. The highest BCUT2D eigenvalue weighted by Crippen LogP contribution is 2.35. The summed E-state index contributed by atoms with van der Waals surface area (Å²) in [4.78, 5) is 38.0. The Labute approximate surface area is 157 Å². The second kappa shape index (κ2) is 7.54. The molecule has 146 valence electrons. The predicted molar refractivity (Wildman–Crippen MR) is 95.6 cm³/mol. The molecule has 1 heterocycles. The molecule has 2 fully saturated rings. The quantitative estimate of drug-likeness (QED) is 0.745. The zero-order valence-corrected chi connectivity index (χ0v) is 15.5. The van der Waals surface area contributed by atoms with Gasteiger partial charge >= 0.3 is 6.03 Å². The number of carbonyl (C=O) groups excluding carboxylic acids is 3. The van der Waals surface area contributed by atoms with Gasteiger partial charge in [0.2, 0.25) is 5.91 Å². The average Bonchev–Trinajstić information content (AvgIpc) is 3.19. The molecular weight excluding hydrogens is 353 g/mol. The van der Waals surface area contributed by atoms with Gasteiger partial charge in [0.1, 0.15) is 5.54 Å². The molecule has 0 aromatic heterocycles. The molecule has 27 heavy (non-hydrogen) atoms. The van der Waals surface area contributed by atoms with Gasteiger partial charge in [0.25, 0.3) is 5.91 Å². The lowest BCUT2D eigenvalue weighted by molar-refractivity contribution is -0.131. The summed E-state index contributed by atoms with van der Waals surface area (Å²) in [6.07, 6.45) is 3.13. The molecule has 2 aliphatic rings. The van der Waals surface area contributed by atoms with Crippen molar-refractivity contribution in [1.82, 2.24) is 15.5 Å². The van der Waals surface area contributed by atoms with Crippen molar-refractivity contribution in [1.29, 1.82) is 0 Å². The van der Waals surface area contributed by atoms with Crippen molar-refractivity contribution in [2.24, 2.45) is 0 Å². The first-order valence-electron chi connectivity index (χ1n) is 9.13. The van der Waals surface area contributed by atoms with E-state index >= 15 is 0 Å². The smallest absolute Gasteiger partial charge is 0.325 e. The monoisotopic (exact) mass is 377 g/mol. The Kier molecular flexibility index (Phi) is 5.34. The first-order chi connectivity index (χ1) is 12.9. The van der Waals surface area contributed by atoms with E-state index in [0.717, 1.165) is 17.7 Å². The van der Waals surface area contributed by atoms with Gasteiger partial charge in [0.05, 0.1) is 13.2 Å². The Hall–Kier alpha value is -2.64. The normalized spacial score (nSPS) is 19.3. The third-order valence-corrected chi connectivity index (χ3v) is 5.32. The van der Waals surface area contributed by atoms with E-state index in [9.17, 15) is 18.8 Å². The molecule has 1 spiro atoms. The third-order valence-electron chi connectivity index (χ3n) is 5.32. The van der Waals surface area contributed by atoms with Crippen molar-refractivity contribution in [2.75, 3.05) is 13.7 Å². The van der Waals surface area contributed by atoms with Gasteiger partial charge in [-0.05, 0) is 37.5 Å². The fourth-order valence-corrected chi connectivity index (χ4v) is 3.76. The molecular formula is C19H24FN3O4. The van der Waals surface area contributed by atoms with Crippen LogP contribution in [0.4, 0.5) is 9.18 Å². The van der Waals surface area contributed by atoms with Crippen molar-refractivity contribution in [2.45, 2.75) is 50.6 Å². The molecule has 7 nitrogen and oxygen atoms in total. The number of nitrogens with zero attached hydrogens (tertiary/aromatic N) is 1. The molecule has 1 saturated carbocycles. The Morgan fingerprint density at radius 3 is 2.70 bits per heavy atom. The van der Waals surface area contributed by atoms with Crippen LogP contribution >= 0.6 is 0 Å². The van der Waals surface area contributed by atoms with Crippen LogP contribution < -0.4 is 15.4 Å². The van der Waals surface area contributed by atoms with Crippen molar-refractivity contribution < 1.29 is 23.5 Å². The number of nitrogens with one attached hydrogen (secondary N) is 2.